The molecule has 0 saturated carbocycles. The molecule has 0 radical (unpaired) electrons. The van der Waals surface area contributed by atoms with Gasteiger partial charge in [-0.15, -0.1) is 0 Å². The number of carbonyl (C=O) groups excluding carboxylic acids is 1. The number of pyridine rings is 1. The summed E-state index contributed by atoms with van der Waals surface area (Å²) in [5.41, 5.74) is 3.16. The molecule has 7 heteroatoms. The third kappa shape index (κ3) is 4.61. The van der Waals surface area contributed by atoms with Gasteiger partial charge < -0.3 is 25.0 Å². The smallest absolute Gasteiger partial charge is 0.257 e. The third-order valence-corrected chi connectivity index (χ3v) is 5.06. The van der Waals surface area contributed by atoms with Gasteiger partial charge in [0.15, 0.2) is 0 Å². The van der Waals surface area contributed by atoms with Crippen LogP contribution in [0.2, 0.25) is 0 Å². The van der Waals surface area contributed by atoms with Crippen LogP contribution >= 0.6 is 0 Å². The van der Waals surface area contributed by atoms with Crippen LogP contribution in [0, 0.1) is 0 Å². The van der Waals surface area contributed by atoms with E-state index in [2.05, 4.69) is 20.5 Å². The van der Waals surface area contributed by atoms with Crippen molar-refractivity contribution in [3.8, 4) is 0 Å². The topological polar surface area (TPSA) is 75.7 Å². The fraction of sp³-hybridized carbons (Fsp3) is 0.429. The maximum atomic E-state index is 12.8. The van der Waals surface area contributed by atoms with Gasteiger partial charge in [0.2, 0.25) is 0 Å². The lowest BCUT2D eigenvalue weighted by Gasteiger charge is -2.30. The van der Waals surface area contributed by atoms with E-state index in [4.69, 9.17) is 9.47 Å². The van der Waals surface area contributed by atoms with Crippen molar-refractivity contribution in [1.82, 2.24) is 4.98 Å². The number of amides is 1. The van der Waals surface area contributed by atoms with E-state index in [1.54, 1.807) is 12.4 Å². The number of nitrogens with zero attached hydrogens (tertiary/aromatic N) is 2. The number of para-hydroxylation sites is 2. The molecule has 2 aliphatic rings. The average Bonchev–Trinajstić information content (AvgIpc) is 3.27. The SMILES string of the molecule is O=C(Nc1ccccc1N1CCOCC1)c1cncc(NCC2CCCO2)c1. The molecular weight excluding hydrogens is 356 g/mol. The van der Waals surface area contributed by atoms with Crippen LogP contribution in [0.1, 0.15) is 23.2 Å². The van der Waals surface area contributed by atoms with Crippen LogP contribution in [0.3, 0.4) is 0 Å². The molecule has 0 aliphatic carbocycles. The number of hydrogen-bond donors (Lipinski definition) is 2. The van der Waals surface area contributed by atoms with Gasteiger partial charge in [-0.05, 0) is 31.0 Å². The van der Waals surface area contributed by atoms with Crippen molar-refractivity contribution in [1.29, 1.82) is 0 Å². The molecule has 1 unspecified atom stereocenters. The van der Waals surface area contributed by atoms with Crippen LogP contribution in [0.5, 0.6) is 0 Å². The molecule has 7 nitrogen and oxygen atoms in total. The molecule has 1 atom stereocenters. The van der Waals surface area contributed by atoms with Crippen LogP contribution in [0.25, 0.3) is 0 Å². The fourth-order valence-corrected chi connectivity index (χ4v) is 3.55. The minimum Gasteiger partial charge on any atom is -0.381 e. The van der Waals surface area contributed by atoms with Crippen molar-refractivity contribution in [3.05, 3.63) is 48.3 Å². The number of rotatable bonds is 6. The standard InChI is InChI=1S/C21H26N4O3/c26-21(16-12-17(14-22-13-16)23-15-18-4-3-9-28-18)24-19-5-1-2-6-20(19)25-7-10-27-11-8-25/h1-2,5-6,12-14,18,23H,3-4,7-11,15H2,(H,24,26). The maximum absolute atomic E-state index is 12.8. The van der Waals surface area contributed by atoms with Crippen molar-refractivity contribution >= 4 is 23.0 Å². The Kier molecular flexibility index (Phi) is 6.04. The van der Waals surface area contributed by atoms with E-state index in [1.807, 2.05) is 30.3 Å². The Balaban J connectivity index is 1.43. The minimum atomic E-state index is -0.172. The van der Waals surface area contributed by atoms with Crippen LogP contribution in [0.15, 0.2) is 42.7 Å². The zero-order valence-corrected chi connectivity index (χ0v) is 15.9. The Labute approximate surface area is 165 Å². The van der Waals surface area contributed by atoms with Gasteiger partial charge >= 0.3 is 0 Å². The van der Waals surface area contributed by atoms with Gasteiger partial charge in [0.1, 0.15) is 0 Å². The second kappa shape index (κ2) is 9.03. The van der Waals surface area contributed by atoms with E-state index >= 15 is 0 Å². The average molecular weight is 382 g/mol. The largest absolute Gasteiger partial charge is 0.381 e. The highest BCUT2D eigenvalue weighted by Crippen LogP contribution is 2.27. The molecule has 0 bridgehead atoms. The van der Waals surface area contributed by atoms with Crippen molar-refractivity contribution in [3.63, 3.8) is 0 Å². The number of benzene rings is 1. The number of aromatic nitrogens is 1. The highest BCUT2D eigenvalue weighted by atomic mass is 16.5. The molecule has 1 aromatic heterocycles. The van der Waals surface area contributed by atoms with E-state index in [0.29, 0.717) is 18.8 Å². The second-order valence-electron chi connectivity index (χ2n) is 7.05. The Morgan fingerprint density at radius 1 is 1.18 bits per heavy atom. The van der Waals surface area contributed by atoms with E-state index in [0.717, 1.165) is 56.1 Å². The molecule has 2 aromatic rings. The van der Waals surface area contributed by atoms with Crippen molar-refractivity contribution < 1.29 is 14.3 Å². The maximum Gasteiger partial charge on any atom is 0.257 e. The number of morpholine rings is 1. The summed E-state index contributed by atoms with van der Waals surface area (Å²) >= 11 is 0. The summed E-state index contributed by atoms with van der Waals surface area (Å²) in [7, 11) is 0. The van der Waals surface area contributed by atoms with Crippen LogP contribution in [-0.4, -0.2) is 56.5 Å². The Morgan fingerprint density at radius 3 is 2.86 bits per heavy atom. The lowest BCUT2D eigenvalue weighted by Crippen LogP contribution is -2.36. The summed E-state index contributed by atoms with van der Waals surface area (Å²) < 4.78 is 11.1. The number of hydrogen-bond acceptors (Lipinski definition) is 6. The zero-order valence-electron chi connectivity index (χ0n) is 15.9. The summed E-state index contributed by atoms with van der Waals surface area (Å²) in [6, 6.07) is 9.69. The highest BCUT2D eigenvalue weighted by molar-refractivity contribution is 6.06. The molecule has 4 rings (SSSR count). The summed E-state index contributed by atoms with van der Waals surface area (Å²) in [6.45, 7) is 4.59. The highest BCUT2D eigenvalue weighted by Gasteiger charge is 2.17. The summed E-state index contributed by atoms with van der Waals surface area (Å²) in [5.74, 6) is -0.172. The first-order valence-corrected chi connectivity index (χ1v) is 9.83. The third-order valence-electron chi connectivity index (χ3n) is 5.06. The Morgan fingerprint density at radius 2 is 2.04 bits per heavy atom. The fourth-order valence-electron chi connectivity index (χ4n) is 3.55. The number of carbonyl (C=O) groups is 1. The van der Waals surface area contributed by atoms with Gasteiger partial charge in [0.25, 0.3) is 5.91 Å². The molecule has 3 heterocycles. The first-order valence-electron chi connectivity index (χ1n) is 9.83. The van der Waals surface area contributed by atoms with Crippen LogP contribution in [-0.2, 0) is 9.47 Å². The molecule has 2 saturated heterocycles. The second-order valence-corrected chi connectivity index (χ2v) is 7.05. The lowest BCUT2D eigenvalue weighted by atomic mass is 10.2. The molecular formula is C21H26N4O3. The van der Waals surface area contributed by atoms with Gasteiger partial charge in [-0.1, -0.05) is 12.1 Å². The molecule has 1 aromatic carbocycles. The van der Waals surface area contributed by atoms with E-state index in [-0.39, 0.29) is 12.0 Å². The number of ether oxygens (including phenoxy) is 2. The zero-order chi connectivity index (χ0) is 19.2. The predicted molar refractivity (Wildman–Crippen MR) is 109 cm³/mol. The van der Waals surface area contributed by atoms with Crippen LogP contribution < -0.4 is 15.5 Å². The van der Waals surface area contributed by atoms with E-state index < -0.39 is 0 Å². The van der Waals surface area contributed by atoms with Crippen molar-refractivity contribution in [2.75, 3.05) is 55.0 Å². The van der Waals surface area contributed by atoms with Gasteiger partial charge in [0, 0.05) is 38.6 Å². The summed E-state index contributed by atoms with van der Waals surface area (Å²) in [4.78, 5) is 19.3. The van der Waals surface area contributed by atoms with Crippen molar-refractivity contribution in [2.24, 2.45) is 0 Å². The van der Waals surface area contributed by atoms with E-state index in [9.17, 15) is 4.79 Å². The van der Waals surface area contributed by atoms with E-state index in [1.165, 1.54) is 0 Å². The molecule has 2 N–H and O–H groups in total. The normalized spacial score (nSPS) is 19.4. The van der Waals surface area contributed by atoms with Gasteiger partial charge in [0.05, 0.1) is 41.9 Å². The minimum absolute atomic E-state index is 0.172. The van der Waals surface area contributed by atoms with Crippen LogP contribution in [0.4, 0.5) is 17.1 Å². The molecule has 0 spiro atoms. The Hall–Kier alpha value is -2.64. The van der Waals surface area contributed by atoms with Gasteiger partial charge in [-0.25, -0.2) is 0 Å². The molecule has 1 amide bonds. The Bertz CT molecular complexity index is 802. The first-order chi connectivity index (χ1) is 13.8. The molecule has 2 fully saturated rings. The summed E-state index contributed by atoms with van der Waals surface area (Å²) in [6.07, 6.45) is 5.73. The van der Waals surface area contributed by atoms with Gasteiger partial charge in [-0.2, -0.15) is 0 Å². The molecule has 28 heavy (non-hydrogen) atoms. The quantitative estimate of drug-likeness (QED) is 0.800. The van der Waals surface area contributed by atoms with Crippen molar-refractivity contribution in [2.45, 2.75) is 18.9 Å². The monoisotopic (exact) mass is 382 g/mol. The first kappa shape index (κ1) is 18.7. The number of nitrogens with one attached hydrogen (secondary N) is 2. The van der Waals surface area contributed by atoms with Gasteiger partial charge in [-0.3, -0.25) is 9.78 Å². The molecule has 2 aliphatic heterocycles. The molecule has 148 valence electrons. The lowest BCUT2D eigenvalue weighted by molar-refractivity contribution is 0.102. The summed E-state index contributed by atoms with van der Waals surface area (Å²) in [5, 5.41) is 6.35. The predicted octanol–water partition coefficient (Wildman–Crippen LogP) is 2.76. The number of anilines is 3.